The number of ether oxygens (including phenoxy) is 1. The Labute approximate surface area is 90.1 Å². The van der Waals surface area contributed by atoms with E-state index in [4.69, 9.17) is 20.0 Å². The van der Waals surface area contributed by atoms with Crippen molar-refractivity contribution >= 4 is 7.82 Å². The van der Waals surface area contributed by atoms with Crippen LogP contribution in [0.15, 0.2) is 0 Å². The lowest BCUT2D eigenvalue weighted by Crippen LogP contribution is -2.63. The Morgan fingerprint density at radius 3 is 2.38 bits per heavy atom. The molecule has 1 heterocycles. The van der Waals surface area contributed by atoms with Crippen LogP contribution in [0.2, 0.25) is 0 Å². The molecule has 1 aliphatic heterocycles. The van der Waals surface area contributed by atoms with Crippen LogP contribution in [0.3, 0.4) is 0 Å². The number of phosphoric acid groups is 1. The van der Waals surface area contributed by atoms with E-state index in [9.17, 15) is 14.8 Å². The summed E-state index contributed by atoms with van der Waals surface area (Å²) in [7, 11) is -5.04. The van der Waals surface area contributed by atoms with Crippen molar-refractivity contribution < 1.29 is 44.0 Å². The molecule has 1 fully saturated rings. The van der Waals surface area contributed by atoms with Gasteiger partial charge in [-0.25, -0.2) is 9.09 Å². The smallest absolute Gasteiger partial charge is 0.391 e. The number of hydrogen-bond acceptors (Lipinski definition) is 7. The first-order valence-electron chi connectivity index (χ1n) is 4.27. The first kappa shape index (κ1) is 14.0. The minimum absolute atomic E-state index is 0.543. The van der Waals surface area contributed by atoms with Crippen LogP contribution < -0.4 is 0 Å². The Kier molecular flexibility index (Phi) is 4.06. The lowest BCUT2D eigenvalue weighted by atomic mass is 9.98. The average molecular weight is 260 g/mol. The van der Waals surface area contributed by atoms with Crippen molar-refractivity contribution in [3.8, 4) is 0 Å². The highest BCUT2D eigenvalue weighted by Crippen LogP contribution is 2.44. The molecular weight excluding hydrogens is 247 g/mol. The molecule has 16 heavy (non-hydrogen) atoms. The Balaban J connectivity index is 2.91. The van der Waals surface area contributed by atoms with E-state index in [1.807, 2.05) is 0 Å². The van der Waals surface area contributed by atoms with Crippen molar-refractivity contribution in [3.63, 3.8) is 0 Å². The van der Waals surface area contributed by atoms with Gasteiger partial charge >= 0.3 is 7.82 Å². The lowest BCUT2D eigenvalue weighted by Gasteiger charge is -2.43. The van der Waals surface area contributed by atoms with Crippen molar-refractivity contribution in [2.45, 2.75) is 24.1 Å². The summed E-state index contributed by atoms with van der Waals surface area (Å²) in [5, 5.41) is 36.8. The monoisotopic (exact) mass is 260 g/mol. The van der Waals surface area contributed by atoms with Gasteiger partial charge in [-0.3, -0.25) is 0 Å². The van der Waals surface area contributed by atoms with Gasteiger partial charge in [0.05, 0.1) is 6.61 Å². The van der Waals surface area contributed by atoms with Crippen LogP contribution in [-0.4, -0.2) is 67.5 Å². The number of aliphatic hydroxyl groups is 4. The zero-order valence-electron chi connectivity index (χ0n) is 8.00. The molecule has 0 saturated carbocycles. The standard InChI is InChI=1S/C6H13O9P/c7-2-6(15-16(11,12)13)5(10)4(9)3(8)1-14-6/h3-5,7-10H,1-2H2,(H2,11,12,13)/t3-,4+,5+,6?/m0/s1. The van der Waals surface area contributed by atoms with E-state index in [2.05, 4.69) is 9.26 Å². The number of rotatable bonds is 3. The first-order valence-corrected chi connectivity index (χ1v) is 5.80. The predicted molar refractivity (Wildman–Crippen MR) is 46.9 cm³/mol. The molecule has 0 amide bonds. The Morgan fingerprint density at radius 2 is 1.94 bits per heavy atom. The normalized spacial score (nSPS) is 41.0. The first-order chi connectivity index (χ1) is 7.22. The Morgan fingerprint density at radius 1 is 1.38 bits per heavy atom. The highest BCUT2D eigenvalue weighted by atomic mass is 31.2. The maximum absolute atomic E-state index is 10.6. The molecule has 0 aromatic rings. The summed E-state index contributed by atoms with van der Waals surface area (Å²) in [6.07, 6.45) is -5.17. The van der Waals surface area contributed by atoms with Gasteiger partial charge < -0.3 is 34.9 Å². The fourth-order valence-corrected chi connectivity index (χ4v) is 1.95. The third-order valence-corrected chi connectivity index (χ3v) is 2.71. The number of hydrogen-bond donors (Lipinski definition) is 6. The molecule has 0 aliphatic carbocycles. The second kappa shape index (κ2) is 4.65. The van der Waals surface area contributed by atoms with Crippen LogP contribution in [0.1, 0.15) is 0 Å². The van der Waals surface area contributed by atoms with Gasteiger partial charge in [0.15, 0.2) is 0 Å². The number of aliphatic hydroxyl groups excluding tert-OH is 4. The molecule has 96 valence electrons. The third kappa shape index (κ3) is 2.77. The fraction of sp³-hybridized carbons (Fsp3) is 1.00. The van der Waals surface area contributed by atoms with Gasteiger partial charge in [0, 0.05) is 0 Å². The zero-order chi connectivity index (χ0) is 12.6. The third-order valence-electron chi connectivity index (χ3n) is 2.16. The molecular formula is C6H13O9P. The maximum atomic E-state index is 10.6. The van der Waals surface area contributed by atoms with Gasteiger partial charge in [-0.05, 0) is 0 Å². The highest BCUT2D eigenvalue weighted by Gasteiger charge is 2.53. The maximum Gasteiger partial charge on any atom is 0.472 e. The van der Waals surface area contributed by atoms with Crippen LogP contribution in [0.5, 0.6) is 0 Å². The van der Waals surface area contributed by atoms with Crippen LogP contribution in [0.25, 0.3) is 0 Å². The van der Waals surface area contributed by atoms with E-state index in [1.165, 1.54) is 0 Å². The van der Waals surface area contributed by atoms with Gasteiger partial charge in [0.25, 0.3) is 0 Å². The molecule has 0 aromatic heterocycles. The van der Waals surface area contributed by atoms with E-state index in [-0.39, 0.29) is 0 Å². The molecule has 9 nitrogen and oxygen atoms in total. The molecule has 6 N–H and O–H groups in total. The van der Waals surface area contributed by atoms with Crippen LogP contribution >= 0.6 is 7.82 Å². The van der Waals surface area contributed by atoms with Crippen LogP contribution in [0, 0.1) is 0 Å². The summed E-state index contributed by atoms with van der Waals surface area (Å²) < 4.78 is 19.4. The second-order valence-electron chi connectivity index (χ2n) is 3.37. The van der Waals surface area contributed by atoms with Gasteiger partial charge in [-0.15, -0.1) is 0 Å². The summed E-state index contributed by atoms with van der Waals surface area (Å²) in [5.74, 6) is -2.45. The molecule has 0 aromatic carbocycles. The van der Waals surface area contributed by atoms with Gasteiger partial charge in [0.1, 0.15) is 24.9 Å². The summed E-state index contributed by atoms with van der Waals surface area (Å²) >= 11 is 0. The molecule has 1 rings (SSSR count). The quantitative estimate of drug-likeness (QED) is 0.289. The van der Waals surface area contributed by atoms with Crippen LogP contribution in [-0.2, 0) is 13.8 Å². The van der Waals surface area contributed by atoms with E-state index >= 15 is 0 Å². The second-order valence-corrected chi connectivity index (χ2v) is 4.53. The Hall–Kier alpha value is -0.0900. The largest absolute Gasteiger partial charge is 0.472 e. The van der Waals surface area contributed by atoms with E-state index in [0.717, 1.165) is 0 Å². The average Bonchev–Trinajstić information content (AvgIpc) is 2.18. The minimum Gasteiger partial charge on any atom is -0.391 e. The summed E-state index contributed by atoms with van der Waals surface area (Å²) in [6, 6.07) is 0. The van der Waals surface area contributed by atoms with Crippen molar-refractivity contribution in [2.24, 2.45) is 0 Å². The molecule has 1 saturated heterocycles. The lowest BCUT2D eigenvalue weighted by molar-refractivity contribution is -0.322. The van der Waals surface area contributed by atoms with Crippen molar-refractivity contribution in [1.29, 1.82) is 0 Å². The molecule has 0 spiro atoms. The predicted octanol–water partition coefficient (Wildman–Crippen LogP) is -3.10. The van der Waals surface area contributed by atoms with Gasteiger partial charge in [-0.1, -0.05) is 0 Å². The molecule has 4 atom stereocenters. The molecule has 1 unspecified atom stereocenters. The van der Waals surface area contributed by atoms with Crippen molar-refractivity contribution in [2.75, 3.05) is 13.2 Å². The SMILES string of the molecule is O=P(O)(O)OC1(CO)OC[C@H](O)[C@@H](O)[C@H]1O. The molecule has 0 bridgehead atoms. The fourth-order valence-electron chi connectivity index (χ4n) is 1.33. The summed E-state index contributed by atoms with van der Waals surface area (Å²) in [5.41, 5.74) is 0. The molecule has 1 aliphatic rings. The topological polar surface area (TPSA) is 157 Å². The van der Waals surface area contributed by atoms with Gasteiger partial charge in [-0.2, -0.15) is 0 Å². The highest BCUT2D eigenvalue weighted by molar-refractivity contribution is 7.46. The number of phosphoric ester groups is 1. The van der Waals surface area contributed by atoms with E-state index < -0.39 is 45.1 Å². The Bertz CT molecular complexity index is 290. The minimum atomic E-state index is -5.04. The van der Waals surface area contributed by atoms with E-state index in [1.54, 1.807) is 0 Å². The molecule has 10 heteroatoms. The summed E-state index contributed by atoms with van der Waals surface area (Å²) in [4.78, 5) is 17.2. The van der Waals surface area contributed by atoms with E-state index in [0.29, 0.717) is 0 Å². The van der Waals surface area contributed by atoms with Gasteiger partial charge in [0.2, 0.25) is 5.79 Å². The van der Waals surface area contributed by atoms with Crippen molar-refractivity contribution in [3.05, 3.63) is 0 Å². The van der Waals surface area contributed by atoms with Crippen LogP contribution in [0.4, 0.5) is 0 Å². The zero-order valence-corrected chi connectivity index (χ0v) is 8.90. The van der Waals surface area contributed by atoms with Crippen molar-refractivity contribution in [1.82, 2.24) is 0 Å². The summed E-state index contributed by atoms with van der Waals surface area (Å²) in [6.45, 7) is -1.64. The molecule has 0 radical (unpaired) electrons.